The molecule has 0 saturated carbocycles. The van der Waals surface area contributed by atoms with Crippen LogP contribution in [0.2, 0.25) is 0 Å². The number of hydrogen-bond acceptors (Lipinski definition) is 1. The zero-order valence-electron chi connectivity index (χ0n) is 10.6. The van der Waals surface area contributed by atoms with Gasteiger partial charge in [-0.2, -0.15) is 0 Å². The molecule has 0 rings (SSSR count). The third kappa shape index (κ3) is 6.20. The summed E-state index contributed by atoms with van der Waals surface area (Å²) in [6, 6.07) is 0.631. The first-order valence-electron chi connectivity index (χ1n) is 5.75. The minimum absolute atomic E-state index is 0.366. The molecule has 0 saturated heterocycles. The van der Waals surface area contributed by atoms with Gasteiger partial charge in [0.25, 0.3) is 0 Å². The van der Waals surface area contributed by atoms with E-state index in [-0.39, 0.29) is 0 Å². The Hall–Kier alpha value is -0.300. The highest BCUT2D eigenvalue weighted by atomic mass is 14.9. The van der Waals surface area contributed by atoms with Gasteiger partial charge in [-0.1, -0.05) is 33.3 Å². The molecular weight excluding hydrogens is 170 g/mol. The van der Waals surface area contributed by atoms with Crippen LogP contribution in [-0.2, 0) is 0 Å². The van der Waals surface area contributed by atoms with E-state index >= 15 is 0 Å². The van der Waals surface area contributed by atoms with E-state index < -0.39 is 0 Å². The number of rotatable bonds is 6. The molecule has 0 amide bonds. The molecule has 1 unspecified atom stereocenters. The average Bonchev–Trinajstić information content (AvgIpc) is 2.00. The third-order valence-corrected chi connectivity index (χ3v) is 2.59. The maximum absolute atomic E-state index is 3.94. The van der Waals surface area contributed by atoms with Crippen molar-refractivity contribution in [3.8, 4) is 0 Å². The van der Waals surface area contributed by atoms with Crippen molar-refractivity contribution in [2.75, 3.05) is 6.54 Å². The normalized spacial score (nSPS) is 14.1. The van der Waals surface area contributed by atoms with Crippen LogP contribution in [0, 0.1) is 5.41 Å². The smallest absolute Gasteiger partial charge is 0.0116 e. The van der Waals surface area contributed by atoms with Gasteiger partial charge >= 0.3 is 0 Å². The van der Waals surface area contributed by atoms with Crippen LogP contribution in [0.15, 0.2) is 12.2 Å². The van der Waals surface area contributed by atoms with E-state index in [2.05, 4.69) is 46.5 Å². The van der Waals surface area contributed by atoms with Crippen LogP contribution in [0.3, 0.4) is 0 Å². The fourth-order valence-corrected chi connectivity index (χ4v) is 1.70. The second-order valence-corrected chi connectivity index (χ2v) is 5.33. The Balaban J connectivity index is 3.92. The van der Waals surface area contributed by atoms with Gasteiger partial charge in [-0.15, -0.1) is 6.58 Å². The van der Waals surface area contributed by atoms with Crippen LogP contribution in [0.1, 0.15) is 53.9 Å². The highest BCUT2D eigenvalue weighted by molar-refractivity contribution is 4.89. The Morgan fingerprint density at radius 3 is 2.29 bits per heavy atom. The molecule has 1 nitrogen and oxygen atoms in total. The fourth-order valence-electron chi connectivity index (χ4n) is 1.70. The second-order valence-electron chi connectivity index (χ2n) is 5.33. The van der Waals surface area contributed by atoms with Crippen LogP contribution < -0.4 is 5.32 Å². The summed E-state index contributed by atoms with van der Waals surface area (Å²) in [5, 5.41) is 3.57. The van der Waals surface area contributed by atoms with Gasteiger partial charge in [0.05, 0.1) is 0 Å². The molecule has 0 radical (unpaired) electrons. The highest BCUT2D eigenvalue weighted by Crippen LogP contribution is 2.23. The maximum Gasteiger partial charge on any atom is 0.0116 e. The van der Waals surface area contributed by atoms with E-state index in [9.17, 15) is 0 Å². The molecule has 1 atom stereocenters. The van der Waals surface area contributed by atoms with Gasteiger partial charge < -0.3 is 5.32 Å². The van der Waals surface area contributed by atoms with Gasteiger partial charge in [-0.25, -0.2) is 0 Å². The van der Waals surface area contributed by atoms with Crippen LogP contribution >= 0.6 is 0 Å². The Bertz CT molecular complexity index is 165. The quantitative estimate of drug-likeness (QED) is 0.639. The average molecular weight is 197 g/mol. The molecule has 1 N–H and O–H groups in total. The van der Waals surface area contributed by atoms with E-state index in [4.69, 9.17) is 0 Å². The highest BCUT2D eigenvalue weighted by Gasteiger charge is 2.22. The van der Waals surface area contributed by atoms with E-state index in [0.717, 1.165) is 13.0 Å². The Labute approximate surface area is 90.0 Å². The zero-order valence-corrected chi connectivity index (χ0v) is 10.6. The molecule has 0 fully saturated rings. The minimum atomic E-state index is 0.366. The topological polar surface area (TPSA) is 12.0 Å². The van der Waals surface area contributed by atoms with Crippen LogP contribution in [-0.4, -0.2) is 12.6 Å². The molecule has 0 aliphatic rings. The fraction of sp³-hybridized carbons (Fsp3) is 0.846. The Morgan fingerprint density at radius 1 is 1.36 bits per heavy atom. The van der Waals surface area contributed by atoms with Gasteiger partial charge in [0.1, 0.15) is 0 Å². The van der Waals surface area contributed by atoms with Crippen LogP contribution in [0.4, 0.5) is 0 Å². The second kappa shape index (κ2) is 6.23. The van der Waals surface area contributed by atoms with Gasteiger partial charge in [-0.3, -0.25) is 0 Å². The first kappa shape index (κ1) is 13.7. The van der Waals surface area contributed by atoms with E-state index in [1.54, 1.807) is 0 Å². The van der Waals surface area contributed by atoms with E-state index in [0.29, 0.717) is 11.5 Å². The summed E-state index contributed by atoms with van der Waals surface area (Å²) in [4.78, 5) is 0. The molecule has 14 heavy (non-hydrogen) atoms. The van der Waals surface area contributed by atoms with Gasteiger partial charge in [0.15, 0.2) is 0 Å². The largest absolute Gasteiger partial charge is 0.314 e. The van der Waals surface area contributed by atoms with Crippen molar-refractivity contribution in [1.82, 2.24) is 5.32 Å². The monoisotopic (exact) mass is 197 g/mol. The molecule has 84 valence electrons. The third-order valence-electron chi connectivity index (χ3n) is 2.59. The lowest BCUT2D eigenvalue weighted by Crippen LogP contribution is -2.40. The lowest BCUT2D eigenvalue weighted by atomic mass is 9.83. The van der Waals surface area contributed by atoms with Crippen molar-refractivity contribution in [2.24, 2.45) is 5.41 Å². The standard InChI is InChI=1S/C13H27N/c1-7-14-12(13(4,5)6)10-8-9-11(2)3/h12,14H,2,7-10H2,1,3-6H3. The summed E-state index contributed by atoms with van der Waals surface area (Å²) in [5.74, 6) is 0. The maximum atomic E-state index is 3.94. The van der Waals surface area contributed by atoms with Crippen molar-refractivity contribution in [3.63, 3.8) is 0 Å². The van der Waals surface area contributed by atoms with Crippen molar-refractivity contribution in [3.05, 3.63) is 12.2 Å². The number of hydrogen-bond donors (Lipinski definition) is 1. The lowest BCUT2D eigenvalue weighted by Gasteiger charge is -2.31. The van der Waals surface area contributed by atoms with Crippen molar-refractivity contribution in [2.45, 2.75) is 59.9 Å². The molecular formula is C13H27N. The lowest BCUT2D eigenvalue weighted by molar-refractivity contribution is 0.254. The molecule has 0 aromatic heterocycles. The minimum Gasteiger partial charge on any atom is -0.314 e. The summed E-state index contributed by atoms with van der Waals surface area (Å²) in [7, 11) is 0. The van der Waals surface area contributed by atoms with Crippen molar-refractivity contribution < 1.29 is 0 Å². The molecule has 0 aromatic rings. The van der Waals surface area contributed by atoms with Crippen molar-refractivity contribution >= 4 is 0 Å². The van der Waals surface area contributed by atoms with Crippen LogP contribution in [0.5, 0.6) is 0 Å². The summed E-state index contributed by atoms with van der Waals surface area (Å²) in [6.07, 6.45) is 3.67. The molecule has 0 spiro atoms. The zero-order chi connectivity index (χ0) is 11.2. The van der Waals surface area contributed by atoms with Crippen molar-refractivity contribution in [1.29, 1.82) is 0 Å². The van der Waals surface area contributed by atoms with Crippen LogP contribution in [0.25, 0.3) is 0 Å². The molecule has 0 aliphatic heterocycles. The van der Waals surface area contributed by atoms with Gasteiger partial charge in [-0.05, 0) is 38.1 Å². The molecule has 1 heteroatoms. The molecule has 0 bridgehead atoms. The van der Waals surface area contributed by atoms with E-state index in [1.807, 2.05) is 0 Å². The first-order chi connectivity index (χ1) is 6.38. The number of allylic oxidation sites excluding steroid dienone is 1. The summed E-state index contributed by atoms with van der Waals surface area (Å²) in [5.41, 5.74) is 1.67. The Kier molecular flexibility index (Phi) is 6.10. The number of nitrogens with one attached hydrogen (secondary N) is 1. The van der Waals surface area contributed by atoms with Gasteiger partial charge in [0, 0.05) is 6.04 Å². The SMILES string of the molecule is C=C(C)CCCC(NCC)C(C)(C)C. The first-order valence-corrected chi connectivity index (χ1v) is 5.75. The molecule has 0 aromatic carbocycles. The van der Waals surface area contributed by atoms with E-state index in [1.165, 1.54) is 18.4 Å². The summed E-state index contributed by atoms with van der Waals surface area (Å²) >= 11 is 0. The molecule has 0 aliphatic carbocycles. The van der Waals surface area contributed by atoms with Gasteiger partial charge in [0.2, 0.25) is 0 Å². The predicted octanol–water partition coefficient (Wildman–Crippen LogP) is 3.76. The Morgan fingerprint density at radius 2 is 1.93 bits per heavy atom. The summed E-state index contributed by atoms with van der Waals surface area (Å²) in [6.45, 7) is 16.2. The summed E-state index contributed by atoms with van der Waals surface area (Å²) < 4.78 is 0. The predicted molar refractivity (Wildman–Crippen MR) is 65.6 cm³/mol. The molecule has 0 heterocycles.